The maximum absolute atomic E-state index is 13.6. The van der Waals surface area contributed by atoms with Gasteiger partial charge in [0.2, 0.25) is 5.91 Å². The van der Waals surface area contributed by atoms with Gasteiger partial charge >= 0.3 is 0 Å². The Morgan fingerprint density at radius 1 is 1.24 bits per heavy atom. The second kappa shape index (κ2) is 6.98. The first kappa shape index (κ1) is 15.9. The van der Waals surface area contributed by atoms with Crippen LogP contribution < -0.4 is 10.6 Å². The highest BCUT2D eigenvalue weighted by molar-refractivity contribution is 9.10. The monoisotopic (exact) mass is 360 g/mol. The molecule has 0 saturated heterocycles. The highest BCUT2D eigenvalue weighted by Gasteiger charge is 2.23. The lowest BCUT2D eigenvalue weighted by Gasteiger charge is -2.08. The van der Waals surface area contributed by atoms with Crippen molar-refractivity contribution in [1.29, 1.82) is 0 Å². The Morgan fingerprint density at radius 2 is 1.86 bits per heavy atom. The zero-order valence-electron chi connectivity index (χ0n) is 11.2. The third-order valence-corrected chi connectivity index (χ3v) is 3.50. The van der Waals surface area contributed by atoms with E-state index in [1.54, 1.807) is 0 Å². The smallest absolute Gasteiger partial charge is 0.257 e. The number of amides is 2. The van der Waals surface area contributed by atoms with E-state index in [1.165, 1.54) is 0 Å². The van der Waals surface area contributed by atoms with Crippen LogP contribution in [0.3, 0.4) is 0 Å². The molecule has 2 N–H and O–H groups in total. The van der Waals surface area contributed by atoms with Crippen molar-refractivity contribution in [2.24, 2.45) is 0 Å². The van der Waals surface area contributed by atoms with E-state index < -0.39 is 23.1 Å². The number of hydrogen-bond donors (Lipinski definition) is 2. The Kier molecular flexibility index (Phi) is 5.27. The van der Waals surface area contributed by atoms with Crippen LogP contribution in [-0.2, 0) is 4.79 Å². The lowest BCUT2D eigenvalue weighted by atomic mass is 10.2. The zero-order chi connectivity index (χ0) is 15.4. The Morgan fingerprint density at radius 3 is 2.43 bits per heavy atom. The lowest BCUT2D eigenvalue weighted by Crippen LogP contribution is -2.29. The maximum atomic E-state index is 13.6. The highest BCUT2D eigenvalue weighted by Crippen LogP contribution is 2.20. The van der Waals surface area contributed by atoms with Gasteiger partial charge in [0.05, 0.1) is 0 Å². The van der Waals surface area contributed by atoms with Crippen molar-refractivity contribution in [2.45, 2.75) is 31.7 Å². The Hall–Kier alpha value is -1.50. The Labute approximate surface area is 129 Å². The molecule has 1 aliphatic rings. The van der Waals surface area contributed by atoms with Crippen molar-refractivity contribution in [1.82, 2.24) is 10.6 Å². The predicted molar refractivity (Wildman–Crippen MR) is 76.8 cm³/mol. The van der Waals surface area contributed by atoms with E-state index >= 15 is 0 Å². The molecule has 0 spiro atoms. The fourth-order valence-electron chi connectivity index (χ4n) is 1.83. The van der Waals surface area contributed by atoms with E-state index in [1.807, 2.05) is 0 Å². The van der Waals surface area contributed by atoms with Crippen LogP contribution in [0.25, 0.3) is 0 Å². The number of rotatable bonds is 6. The van der Waals surface area contributed by atoms with Gasteiger partial charge in [0.1, 0.15) is 17.2 Å². The van der Waals surface area contributed by atoms with Gasteiger partial charge in [-0.15, -0.1) is 0 Å². The minimum atomic E-state index is -0.925. The summed E-state index contributed by atoms with van der Waals surface area (Å²) in [6.07, 6.45) is 2.74. The fraction of sp³-hybridized carbons (Fsp3) is 0.429. The molecule has 0 radical (unpaired) electrons. The zero-order valence-corrected chi connectivity index (χ0v) is 12.8. The first-order chi connectivity index (χ1) is 9.97. The van der Waals surface area contributed by atoms with Crippen LogP contribution in [-0.4, -0.2) is 24.4 Å². The molecule has 0 heterocycles. The topological polar surface area (TPSA) is 58.2 Å². The molecule has 0 aromatic heterocycles. The fourth-order valence-corrected chi connectivity index (χ4v) is 2.23. The van der Waals surface area contributed by atoms with Gasteiger partial charge < -0.3 is 10.6 Å². The summed E-state index contributed by atoms with van der Waals surface area (Å²) >= 11 is 2.94. The summed E-state index contributed by atoms with van der Waals surface area (Å²) in [5.74, 6) is -2.73. The van der Waals surface area contributed by atoms with Crippen LogP contribution in [0, 0.1) is 11.6 Å². The van der Waals surface area contributed by atoms with E-state index in [-0.39, 0.29) is 23.3 Å². The lowest BCUT2D eigenvalue weighted by molar-refractivity contribution is -0.121. The van der Waals surface area contributed by atoms with E-state index in [9.17, 15) is 18.4 Å². The average Bonchev–Trinajstić information content (AvgIpc) is 3.17. The normalized spacial score (nSPS) is 13.9. The molecular formula is C14H15BrF2N2O2. The molecule has 0 aliphatic heterocycles. The number of hydrogen-bond acceptors (Lipinski definition) is 2. The summed E-state index contributed by atoms with van der Waals surface area (Å²) in [5, 5.41) is 5.23. The predicted octanol–water partition coefficient (Wildman–Crippen LogP) is 2.52. The van der Waals surface area contributed by atoms with E-state index in [2.05, 4.69) is 26.6 Å². The standard InChI is InChI=1S/C14H15BrF2N2O2/c15-8-6-10(16)13(11(17)7-8)14(21)18-5-1-2-12(20)19-9-3-4-9/h6-7,9H,1-5H2,(H,18,21)(H,19,20). The molecule has 21 heavy (non-hydrogen) atoms. The minimum absolute atomic E-state index is 0.0623. The number of carbonyl (C=O) groups is 2. The molecule has 0 bridgehead atoms. The molecule has 1 aromatic carbocycles. The molecule has 1 aliphatic carbocycles. The SMILES string of the molecule is O=C(CCCNC(=O)c1c(F)cc(Br)cc1F)NC1CC1. The van der Waals surface area contributed by atoms with Crippen LogP contribution in [0.15, 0.2) is 16.6 Å². The van der Waals surface area contributed by atoms with Crippen LogP contribution in [0.2, 0.25) is 0 Å². The van der Waals surface area contributed by atoms with E-state index in [0.717, 1.165) is 25.0 Å². The first-order valence-electron chi connectivity index (χ1n) is 6.69. The van der Waals surface area contributed by atoms with Gasteiger partial charge in [0, 0.05) is 23.5 Å². The first-order valence-corrected chi connectivity index (χ1v) is 7.49. The summed E-state index contributed by atoms with van der Waals surface area (Å²) in [6.45, 7) is 0.186. The largest absolute Gasteiger partial charge is 0.353 e. The summed E-state index contributed by atoms with van der Waals surface area (Å²) in [4.78, 5) is 23.1. The van der Waals surface area contributed by atoms with Crippen molar-refractivity contribution in [3.63, 3.8) is 0 Å². The Balaban J connectivity index is 1.77. The third-order valence-electron chi connectivity index (χ3n) is 3.04. The second-order valence-corrected chi connectivity index (χ2v) is 5.86. The van der Waals surface area contributed by atoms with Crippen LogP contribution in [0.5, 0.6) is 0 Å². The quantitative estimate of drug-likeness (QED) is 0.765. The number of carbonyl (C=O) groups excluding carboxylic acids is 2. The van der Waals surface area contributed by atoms with Crippen molar-refractivity contribution in [3.8, 4) is 0 Å². The summed E-state index contributed by atoms with van der Waals surface area (Å²) in [7, 11) is 0. The molecule has 1 saturated carbocycles. The third kappa shape index (κ3) is 4.77. The minimum Gasteiger partial charge on any atom is -0.353 e. The summed E-state index contributed by atoms with van der Waals surface area (Å²) in [6, 6.07) is 2.36. The number of halogens is 3. The van der Waals surface area contributed by atoms with Crippen LogP contribution >= 0.6 is 15.9 Å². The summed E-state index contributed by atoms with van der Waals surface area (Å²) in [5.41, 5.74) is -0.611. The van der Waals surface area contributed by atoms with Crippen LogP contribution in [0.4, 0.5) is 8.78 Å². The Bertz CT molecular complexity index is 539. The summed E-state index contributed by atoms with van der Waals surface area (Å²) < 4.78 is 27.3. The van der Waals surface area contributed by atoms with Gasteiger partial charge in [-0.25, -0.2) is 8.78 Å². The molecule has 7 heteroatoms. The van der Waals surface area contributed by atoms with Gasteiger partial charge in [-0.1, -0.05) is 15.9 Å². The van der Waals surface area contributed by atoms with E-state index in [4.69, 9.17) is 0 Å². The molecular weight excluding hydrogens is 346 g/mol. The van der Waals surface area contributed by atoms with Crippen LogP contribution in [0.1, 0.15) is 36.0 Å². The molecule has 0 unspecified atom stereocenters. The van der Waals surface area contributed by atoms with Gasteiger partial charge in [0.25, 0.3) is 5.91 Å². The van der Waals surface area contributed by atoms with Crippen molar-refractivity contribution >= 4 is 27.7 Å². The number of benzene rings is 1. The van der Waals surface area contributed by atoms with Gasteiger partial charge in [-0.05, 0) is 31.4 Å². The maximum Gasteiger partial charge on any atom is 0.257 e. The van der Waals surface area contributed by atoms with Crippen molar-refractivity contribution in [2.75, 3.05) is 6.54 Å². The van der Waals surface area contributed by atoms with Crippen molar-refractivity contribution < 1.29 is 18.4 Å². The molecule has 0 atom stereocenters. The van der Waals surface area contributed by atoms with Crippen molar-refractivity contribution in [3.05, 3.63) is 33.8 Å². The highest BCUT2D eigenvalue weighted by atomic mass is 79.9. The van der Waals surface area contributed by atoms with Gasteiger partial charge in [-0.2, -0.15) is 0 Å². The van der Waals surface area contributed by atoms with Gasteiger partial charge in [0.15, 0.2) is 0 Å². The van der Waals surface area contributed by atoms with Gasteiger partial charge in [-0.3, -0.25) is 9.59 Å². The molecule has 2 rings (SSSR count). The molecule has 1 fully saturated rings. The molecule has 114 valence electrons. The molecule has 4 nitrogen and oxygen atoms in total. The average molecular weight is 361 g/mol. The van der Waals surface area contributed by atoms with E-state index in [0.29, 0.717) is 12.5 Å². The number of nitrogens with one attached hydrogen (secondary N) is 2. The molecule has 1 aromatic rings. The second-order valence-electron chi connectivity index (χ2n) is 4.95. The molecule has 2 amide bonds.